The average molecular weight is 286 g/mol. The van der Waals surface area contributed by atoms with E-state index in [1.807, 2.05) is 24.3 Å². The Morgan fingerprint density at radius 2 is 2.38 bits per heavy atom. The first-order valence-corrected chi connectivity index (χ1v) is 6.54. The fraction of sp³-hybridized carbons (Fsp3) is 0.538. The molecule has 0 aliphatic carbocycles. The highest BCUT2D eigenvalue weighted by atomic mass is 79.9. The molecule has 0 bridgehead atoms. The van der Waals surface area contributed by atoms with Crippen LogP contribution in [0.1, 0.15) is 25.3 Å². The van der Waals surface area contributed by atoms with Crippen molar-refractivity contribution in [2.45, 2.75) is 37.9 Å². The Hall–Kier alpha value is -0.410. The van der Waals surface area contributed by atoms with Gasteiger partial charge < -0.3 is 5.32 Å². The van der Waals surface area contributed by atoms with Crippen molar-refractivity contribution in [3.05, 3.63) is 34.3 Å². The molecule has 0 radical (unpaired) electrons. The Morgan fingerprint density at radius 1 is 1.56 bits per heavy atom. The first-order chi connectivity index (χ1) is 7.58. The largest absolute Gasteiger partial charge is 0.311 e. The van der Waals surface area contributed by atoms with Crippen LogP contribution in [0.25, 0.3) is 0 Å². The molecule has 2 unspecified atom stereocenters. The van der Waals surface area contributed by atoms with Gasteiger partial charge >= 0.3 is 0 Å². The summed E-state index contributed by atoms with van der Waals surface area (Å²) < 4.78 is 15.5. The van der Waals surface area contributed by atoms with Gasteiger partial charge in [-0.3, -0.25) is 0 Å². The average Bonchev–Trinajstić information content (AvgIpc) is 2.69. The monoisotopic (exact) mass is 285 g/mol. The van der Waals surface area contributed by atoms with E-state index in [0.29, 0.717) is 6.42 Å². The van der Waals surface area contributed by atoms with Crippen LogP contribution in [0, 0.1) is 0 Å². The Labute approximate surface area is 105 Å². The summed E-state index contributed by atoms with van der Waals surface area (Å²) in [5.41, 5.74) is -0.106. The standard InChI is InChI=1S/C13H17BrFN/c1-13(15,12-6-3-7-16-12)9-10-4-2-5-11(14)8-10/h2,4-5,8,12,16H,3,6-7,9H2,1H3. The van der Waals surface area contributed by atoms with Crippen LogP contribution >= 0.6 is 15.9 Å². The fourth-order valence-electron chi connectivity index (χ4n) is 2.37. The van der Waals surface area contributed by atoms with Crippen molar-refractivity contribution in [1.29, 1.82) is 0 Å². The van der Waals surface area contributed by atoms with Crippen LogP contribution in [0.5, 0.6) is 0 Å². The second-order valence-corrected chi connectivity index (χ2v) is 5.65. The molecule has 0 amide bonds. The van der Waals surface area contributed by atoms with Gasteiger partial charge in [0.25, 0.3) is 0 Å². The predicted molar refractivity (Wildman–Crippen MR) is 68.4 cm³/mol. The Balaban J connectivity index is 2.07. The number of alkyl halides is 1. The van der Waals surface area contributed by atoms with Gasteiger partial charge in [0.1, 0.15) is 5.67 Å². The SMILES string of the molecule is CC(F)(Cc1cccc(Br)c1)C1CCCN1. The lowest BCUT2D eigenvalue weighted by Gasteiger charge is -2.27. The molecule has 1 aliphatic heterocycles. The predicted octanol–water partition coefficient (Wildman–Crippen LogP) is 3.47. The van der Waals surface area contributed by atoms with E-state index in [2.05, 4.69) is 21.2 Å². The van der Waals surface area contributed by atoms with Crippen molar-refractivity contribution >= 4 is 15.9 Å². The summed E-state index contributed by atoms with van der Waals surface area (Å²) in [7, 11) is 0. The third-order valence-corrected chi connectivity index (χ3v) is 3.72. The first-order valence-electron chi connectivity index (χ1n) is 5.75. The van der Waals surface area contributed by atoms with Crippen LogP contribution in [0.15, 0.2) is 28.7 Å². The zero-order chi connectivity index (χ0) is 11.6. The molecule has 16 heavy (non-hydrogen) atoms. The van der Waals surface area contributed by atoms with Gasteiger partial charge in [-0.05, 0) is 44.0 Å². The second kappa shape index (κ2) is 4.84. The Bertz CT molecular complexity index is 359. The quantitative estimate of drug-likeness (QED) is 0.897. The number of halogens is 2. The number of nitrogens with one attached hydrogen (secondary N) is 1. The maximum atomic E-state index is 14.5. The van der Waals surface area contributed by atoms with Crippen LogP contribution in [0.4, 0.5) is 4.39 Å². The minimum Gasteiger partial charge on any atom is -0.311 e. The van der Waals surface area contributed by atoms with E-state index in [-0.39, 0.29) is 6.04 Å². The second-order valence-electron chi connectivity index (χ2n) is 4.73. The van der Waals surface area contributed by atoms with Crippen LogP contribution in [-0.2, 0) is 6.42 Å². The summed E-state index contributed by atoms with van der Waals surface area (Å²) in [6.07, 6.45) is 2.51. The summed E-state index contributed by atoms with van der Waals surface area (Å²) >= 11 is 3.42. The molecule has 1 saturated heterocycles. The molecule has 3 heteroatoms. The van der Waals surface area contributed by atoms with Crippen molar-refractivity contribution in [2.24, 2.45) is 0 Å². The van der Waals surface area contributed by atoms with Gasteiger partial charge in [0.05, 0.1) is 0 Å². The third-order valence-electron chi connectivity index (χ3n) is 3.23. The van der Waals surface area contributed by atoms with Gasteiger partial charge in [0.15, 0.2) is 0 Å². The molecule has 0 aromatic heterocycles. The zero-order valence-electron chi connectivity index (χ0n) is 9.47. The number of hydrogen-bond donors (Lipinski definition) is 1. The maximum absolute atomic E-state index is 14.5. The number of benzene rings is 1. The fourth-order valence-corrected chi connectivity index (χ4v) is 2.81. The first kappa shape index (κ1) is 12.1. The molecule has 1 nitrogen and oxygen atoms in total. The van der Waals surface area contributed by atoms with E-state index in [9.17, 15) is 4.39 Å². The molecular weight excluding hydrogens is 269 g/mol. The van der Waals surface area contributed by atoms with Crippen LogP contribution in [0.2, 0.25) is 0 Å². The van der Waals surface area contributed by atoms with Crippen LogP contribution < -0.4 is 5.32 Å². The van der Waals surface area contributed by atoms with E-state index in [0.717, 1.165) is 29.4 Å². The van der Waals surface area contributed by atoms with Crippen LogP contribution in [0.3, 0.4) is 0 Å². The lowest BCUT2D eigenvalue weighted by molar-refractivity contribution is 0.137. The normalized spacial score (nSPS) is 24.3. The van der Waals surface area contributed by atoms with E-state index in [4.69, 9.17) is 0 Å². The van der Waals surface area contributed by atoms with Gasteiger partial charge in [-0.1, -0.05) is 28.1 Å². The summed E-state index contributed by atoms with van der Waals surface area (Å²) in [6, 6.07) is 7.90. The highest BCUT2D eigenvalue weighted by Gasteiger charge is 2.35. The summed E-state index contributed by atoms with van der Waals surface area (Å²) in [5.74, 6) is 0. The van der Waals surface area contributed by atoms with Crippen LogP contribution in [-0.4, -0.2) is 18.3 Å². The van der Waals surface area contributed by atoms with E-state index < -0.39 is 5.67 Å². The molecular formula is C13H17BrFN. The van der Waals surface area contributed by atoms with Gasteiger partial charge in [-0.2, -0.15) is 0 Å². The number of hydrogen-bond acceptors (Lipinski definition) is 1. The highest BCUT2D eigenvalue weighted by molar-refractivity contribution is 9.10. The summed E-state index contributed by atoms with van der Waals surface area (Å²) in [5, 5.41) is 3.25. The van der Waals surface area contributed by atoms with Crippen molar-refractivity contribution < 1.29 is 4.39 Å². The van der Waals surface area contributed by atoms with Gasteiger partial charge in [-0.25, -0.2) is 4.39 Å². The highest BCUT2D eigenvalue weighted by Crippen LogP contribution is 2.28. The number of rotatable bonds is 3. The van der Waals surface area contributed by atoms with E-state index in [1.165, 1.54) is 0 Å². The van der Waals surface area contributed by atoms with Crippen molar-refractivity contribution in [3.63, 3.8) is 0 Å². The topological polar surface area (TPSA) is 12.0 Å². The molecule has 1 aliphatic rings. The molecule has 1 fully saturated rings. The smallest absolute Gasteiger partial charge is 0.127 e. The molecule has 2 rings (SSSR count). The van der Waals surface area contributed by atoms with Gasteiger partial charge in [0, 0.05) is 16.9 Å². The van der Waals surface area contributed by atoms with Gasteiger partial charge in [-0.15, -0.1) is 0 Å². The molecule has 0 saturated carbocycles. The molecule has 88 valence electrons. The molecule has 0 spiro atoms. The van der Waals surface area contributed by atoms with Crippen molar-refractivity contribution in [3.8, 4) is 0 Å². The molecule has 1 aromatic rings. The molecule has 1 heterocycles. The van der Waals surface area contributed by atoms with Crippen molar-refractivity contribution in [1.82, 2.24) is 5.32 Å². The van der Waals surface area contributed by atoms with E-state index >= 15 is 0 Å². The third kappa shape index (κ3) is 2.83. The molecule has 1 N–H and O–H groups in total. The minimum atomic E-state index is -1.16. The summed E-state index contributed by atoms with van der Waals surface area (Å²) in [4.78, 5) is 0. The summed E-state index contributed by atoms with van der Waals surface area (Å²) in [6.45, 7) is 2.65. The Morgan fingerprint density at radius 3 is 3.00 bits per heavy atom. The molecule has 1 aromatic carbocycles. The van der Waals surface area contributed by atoms with E-state index in [1.54, 1.807) is 6.92 Å². The van der Waals surface area contributed by atoms with Crippen molar-refractivity contribution in [2.75, 3.05) is 6.54 Å². The zero-order valence-corrected chi connectivity index (χ0v) is 11.1. The minimum absolute atomic E-state index is 0.00600. The van der Waals surface area contributed by atoms with Gasteiger partial charge in [0.2, 0.25) is 0 Å². The maximum Gasteiger partial charge on any atom is 0.127 e. The lowest BCUT2D eigenvalue weighted by Crippen LogP contribution is -2.43. The Kier molecular flexibility index (Phi) is 3.65. The molecule has 2 atom stereocenters. The lowest BCUT2D eigenvalue weighted by atomic mass is 9.90.